The summed E-state index contributed by atoms with van der Waals surface area (Å²) >= 11 is 0. The van der Waals surface area contributed by atoms with Gasteiger partial charge in [-0.1, -0.05) is 0 Å². The minimum Gasteiger partial charge on any atom is -0.381 e. The van der Waals surface area contributed by atoms with E-state index in [4.69, 9.17) is 9.47 Å². The van der Waals surface area contributed by atoms with Crippen LogP contribution >= 0.6 is 0 Å². The van der Waals surface area contributed by atoms with Crippen molar-refractivity contribution in [2.75, 3.05) is 47.0 Å². The molecule has 0 amide bonds. The molecule has 2 aliphatic rings. The lowest BCUT2D eigenvalue weighted by Crippen LogP contribution is -2.50. The van der Waals surface area contributed by atoms with E-state index in [2.05, 4.69) is 24.3 Å². The summed E-state index contributed by atoms with van der Waals surface area (Å²) in [5, 5.41) is 3.73. The molecule has 1 unspecified atom stereocenters. The molecule has 112 valence electrons. The predicted molar refractivity (Wildman–Crippen MR) is 77.5 cm³/mol. The first-order chi connectivity index (χ1) is 9.20. The van der Waals surface area contributed by atoms with Gasteiger partial charge in [-0.25, -0.2) is 0 Å². The molecule has 0 radical (unpaired) electrons. The second-order valence-electron chi connectivity index (χ2n) is 6.30. The molecule has 0 bridgehead atoms. The highest BCUT2D eigenvalue weighted by atomic mass is 16.5. The Morgan fingerprint density at radius 2 is 1.95 bits per heavy atom. The minimum atomic E-state index is 0.123. The van der Waals surface area contributed by atoms with E-state index < -0.39 is 0 Å². The number of hydrogen-bond acceptors (Lipinski definition) is 4. The third kappa shape index (κ3) is 5.03. The lowest BCUT2D eigenvalue weighted by atomic mass is 9.84. The maximum Gasteiger partial charge on any atom is 0.0741 e. The van der Waals surface area contributed by atoms with Crippen molar-refractivity contribution in [2.24, 2.45) is 0 Å². The third-order valence-corrected chi connectivity index (χ3v) is 4.36. The number of unbranched alkanes of at least 4 members (excludes halogenated alkanes) is 1. The van der Waals surface area contributed by atoms with Gasteiger partial charge in [-0.15, -0.1) is 0 Å². The molecule has 2 aliphatic heterocycles. The Morgan fingerprint density at radius 3 is 2.68 bits per heavy atom. The molecule has 2 rings (SSSR count). The van der Waals surface area contributed by atoms with Gasteiger partial charge in [0.2, 0.25) is 0 Å². The highest BCUT2D eigenvalue weighted by Gasteiger charge is 2.38. The normalized spacial score (nSPS) is 27.0. The zero-order valence-electron chi connectivity index (χ0n) is 12.6. The lowest BCUT2D eigenvalue weighted by Gasteiger charge is -2.43. The van der Waals surface area contributed by atoms with Gasteiger partial charge in [-0.2, -0.15) is 0 Å². The fourth-order valence-electron chi connectivity index (χ4n) is 3.15. The van der Waals surface area contributed by atoms with Crippen molar-refractivity contribution in [3.63, 3.8) is 0 Å². The van der Waals surface area contributed by atoms with Crippen molar-refractivity contribution in [1.82, 2.24) is 10.2 Å². The zero-order chi connectivity index (χ0) is 13.6. The molecule has 4 nitrogen and oxygen atoms in total. The Labute approximate surface area is 117 Å². The molecule has 1 spiro atoms. The molecule has 19 heavy (non-hydrogen) atoms. The molecule has 4 heteroatoms. The van der Waals surface area contributed by atoms with Gasteiger partial charge < -0.3 is 19.7 Å². The third-order valence-electron chi connectivity index (χ3n) is 4.36. The fourth-order valence-corrected chi connectivity index (χ4v) is 3.15. The van der Waals surface area contributed by atoms with Crippen LogP contribution in [0.15, 0.2) is 0 Å². The van der Waals surface area contributed by atoms with Crippen molar-refractivity contribution in [2.45, 2.75) is 50.2 Å². The summed E-state index contributed by atoms with van der Waals surface area (Å²) in [7, 11) is 4.28. The monoisotopic (exact) mass is 270 g/mol. The number of rotatable bonds is 6. The molecular formula is C15H30N2O2. The topological polar surface area (TPSA) is 33.7 Å². The van der Waals surface area contributed by atoms with Gasteiger partial charge >= 0.3 is 0 Å². The smallest absolute Gasteiger partial charge is 0.0741 e. The number of ether oxygens (including phenoxy) is 2. The van der Waals surface area contributed by atoms with Gasteiger partial charge in [-0.3, -0.25) is 0 Å². The minimum absolute atomic E-state index is 0.123. The van der Waals surface area contributed by atoms with E-state index in [9.17, 15) is 0 Å². The largest absolute Gasteiger partial charge is 0.381 e. The van der Waals surface area contributed by atoms with Crippen molar-refractivity contribution in [1.29, 1.82) is 0 Å². The second-order valence-corrected chi connectivity index (χ2v) is 6.30. The van der Waals surface area contributed by atoms with Gasteiger partial charge in [0.15, 0.2) is 0 Å². The van der Waals surface area contributed by atoms with Crippen molar-refractivity contribution in [3.05, 3.63) is 0 Å². The summed E-state index contributed by atoms with van der Waals surface area (Å²) in [6.07, 6.45) is 7.03. The van der Waals surface area contributed by atoms with Crippen LogP contribution in [0.25, 0.3) is 0 Å². The molecule has 1 N–H and O–H groups in total. The van der Waals surface area contributed by atoms with Gasteiger partial charge in [0.25, 0.3) is 0 Å². The van der Waals surface area contributed by atoms with E-state index >= 15 is 0 Å². The maximum absolute atomic E-state index is 6.07. The molecule has 1 atom stereocenters. The summed E-state index contributed by atoms with van der Waals surface area (Å²) in [6, 6.07) is 0.645. The van der Waals surface area contributed by atoms with Gasteiger partial charge in [0.1, 0.15) is 0 Å². The van der Waals surface area contributed by atoms with E-state index in [1.165, 1.54) is 25.8 Å². The van der Waals surface area contributed by atoms with Crippen LogP contribution in [0.2, 0.25) is 0 Å². The average Bonchev–Trinajstić information content (AvgIpc) is 2.39. The Morgan fingerprint density at radius 1 is 1.16 bits per heavy atom. The predicted octanol–water partition coefficient (Wildman–Crippen LogP) is 1.65. The second kappa shape index (κ2) is 7.58. The lowest BCUT2D eigenvalue weighted by molar-refractivity contribution is -0.140. The Hall–Kier alpha value is -0.160. The molecule has 0 aromatic carbocycles. The van der Waals surface area contributed by atoms with Crippen LogP contribution < -0.4 is 5.32 Å². The van der Waals surface area contributed by atoms with Crippen LogP contribution in [0.4, 0.5) is 0 Å². The molecule has 2 fully saturated rings. The van der Waals surface area contributed by atoms with E-state index in [0.717, 1.165) is 45.6 Å². The average molecular weight is 270 g/mol. The van der Waals surface area contributed by atoms with Gasteiger partial charge in [0.05, 0.1) is 5.60 Å². The van der Waals surface area contributed by atoms with Crippen LogP contribution in [-0.4, -0.2) is 63.5 Å². The van der Waals surface area contributed by atoms with Gasteiger partial charge in [-0.05, 0) is 65.7 Å². The van der Waals surface area contributed by atoms with E-state index in [1.54, 1.807) is 0 Å². The quantitative estimate of drug-likeness (QED) is 0.744. The molecule has 2 saturated heterocycles. The number of nitrogens with one attached hydrogen (secondary N) is 1. The molecule has 2 heterocycles. The maximum atomic E-state index is 6.07. The first-order valence-electron chi connectivity index (χ1n) is 7.80. The van der Waals surface area contributed by atoms with Crippen molar-refractivity contribution >= 4 is 0 Å². The summed E-state index contributed by atoms with van der Waals surface area (Å²) in [6.45, 7) is 4.99. The summed E-state index contributed by atoms with van der Waals surface area (Å²) in [5.74, 6) is 0. The summed E-state index contributed by atoms with van der Waals surface area (Å²) in [4.78, 5) is 2.26. The molecule has 0 aromatic heterocycles. The van der Waals surface area contributed by atoms with Crippen LogP contribution in [-0.2, 0) is 9.47 Å². The summed E-state index contributed by atoms with van der Waals surface area (Å²) in [5.41, 5.74) is 0.123. The summed E-state index contributed by atoms with van der Waals surface area (Å²) < 4.78 is 11.5. The number of hydrogen-bond donors (Lipinski definition) is 1. The van der Waals surface area contributed by atoms with Crippen molar-refractivity contribution in [3.8, 4) is 0 Å². The Balaban J connectivity index is 1.64. The van der Waals surface area contributed by atoms with Crippen LogP contribution in [0, 0.1) is 0 Å². The first kappa shape index (κ1) is 15.2. The highest BCUT2D eigenvalue weighted by molar-refractivity contribution is 4.91. The molecule has 0 aliphatic carbocycles. The molecular weight excluding hydrogens is 240 g/mol. The van der Waals surface area contributed by atoms with E-state index in [1.807, 2.05) is 0 Å². The van der Waals surface area contributed by atoms with E-state index in [0.29, 0.717) is 6.04 Å². The standard InChI is InChI=1S/C15H30N2O2/c1-17(2)9-4-3-8-16-14-5-10-19-15(13-14)6-11-18-12-7-15/h14,16H,3-13H2,1-2H3. The Kier molecular flexibility index (Phi) is 6.07. The Bertz CT molecular complexity index is 247. The van der Waals surface area contributed by atoms with Crippen LogP contribution in [0.1, 0.15) is 38.5 Å². The van der Waals surface area contributed by atoms with Gasteiger partial charge in [0, 0.05) is 25.9 Å². The zero-order valence-corrected chi connectivity index (χ0v) is 12.6. The highest BCUT2D eigenvalue weighted by Crippen LogP contribution is 2.34. The van der Waals surface area contributed by atoms with Crippen molar-refractivity contribution < 1.29 is 9.47 Å². The molecule has 0 saturated carbocycles. The molecule has 0 aromatic rings. The number of nitrogens with zero attached hydrogens (tertiary/aromatic N) is 1. The van der Waals surface area contributed by atoms with Crippen LogP contribution in [0.3, 0.4) is 0 Å². The fraction of sp³-hybridized carbons (Fsp3) is 1.00. The van der Waals surface area contributed by atoms with Crippen LogP contribution in [0.5, 0.6) is 0 Å². The van der Waals surface area contributed by atoms with E-state index in [-0.39, 0.29) is 5.60 Å². The SMILES string of the molecule is CN(C)CCCCNC1CCOC2(CCOCC2)C1. The first-order valence-corrected chi connectivity index (χ1v) is 7.80.